The lowest BCUT2D eigenvalue weighted by Gasteiger charge is -2.08. The highest BCUT2D eigenvalue weighted by atomic mass is 16.6. The summed E-state index contributed by atoms with van der Waals surface area (Å²) >= 11 is 0. The average Bonchev–Trinajstić information content (AvgIpc) is 2.72. The van der Waals surface area contributed by atoms with Gasteiger partial charge in [0.25, 0.3) is 0 Å². The number of carbonyl (C=O) groups excluding carboxylic acids is 1. The smallest absolute Gasteiger partial charge is 0.193 e. The lowest BCUT2D eigenvalue weighted by molar-refractivity contribution is 0.00361. The third-order valence-electron chi connectivity index (χ3n) is 3.63. The van der Waals surface area contributed by atoms with E-state index in [1.165, 1.54) is 0 Å². The van der Waals surface area contributed by atoms with Gasteiger partial charge in [0.2, 0.25) is 0 Å². The number of aliphatic hydroxyl groups is 1. The molecule has 0 amide bonds. The molecule has 0 atom stereocenters. The van der Waals surface area contributed by atoms with Crippen LogP contribution in [-0.4, -0.2) is 63.7 Å². The van der Waals surface area contributed by atoms with Gasteiger partial charge in [-0.15, -0.1) is 0 Å². The predicted octanol–water partition coefficient (Wildman–Crippen LogP) is 2.34. The fraction of sp³-hybridized carbons (Fsp3) is 0.381. The van der Waals surface area contributed by atoms with E-state index in [1.807, 2.05) is 18.2 Å². The molecule has 0 heterocycles. The van der Waals surface area contributed by atoms with E-state index in [9.17, 15) is 4.79 Å². The number of benzene rings is 2. The van der Waals surface area contributed by atoms with Gasteiger partial charge in [-0.2, -0.15) is 0 Å². The monoisotopic (exact) mass is 374 g/mol. The third-order valence-corrected chi connectivity index (χ3v) is 3.63. The van der Waals surface area contributed by atoms with E-state index in [1.54, 1.807) is 36.4 Å². The van der Waals surface area contributed by atoms with E-state index in [0.717, 1.165) is 0 Å². The number of hydrogen-bond donors (Lipinski definition) is 1. The first-order chi connectivity index (χ1) is 13.3. The third kappa shape index (κ3) is 8.32. The summed E-state index contributed by atoms with van der Waals surface area (Å²) in [5, 5.41) is 8.54. The van der Waals surface area contributed by atoms with Crippen LogP contribution in [0.5, 0.6) is 5.75 Å². The molecule has 0 spiro atoms. The van der Waals surface area contributed by atoms with Crippen molar-refractivity contribution >= 4 is 5.78 Å². The van der Waals surface area contributed by atoms with Crippen LogP contribution in [0.15, 0.2) is 54.6 Å². The molecular formula is C21H26O6. The Hall–Kier alpha value is -2.25. The molecule has 1 N–H and O–H groups in total. The summed E-state index contributed by atoms with van der Waals surface area (Å²) in [6.07, 6.45) is 0. The Bertz CT molecular complexity index is 641. The molecule has 0 saturated carbocycles. The molecule has 0 aromatic heterocycles. The van der Waals surface area contributed by atoms with Gasteiger partial charge in [-0.1, -0.05) is 30.3 Å². The summed E-state index contributed by atoms with van der Waals surface area (Å²) in [7, 11) is 0. The molecule has 0 aliphatic heterocycles. The van der Waals surface area contributed by atoms with Crippen molar-refractivity contribution < 1.29 is 28.8 Å². The van der Waals surface area contributed by atoms with E-state index in [-0.39, 0.29) is 12.4 Å². The fourth-order valence-corrected chi connectivity index (χ4v) is 2.28. The number of ketones is 1. The van der Waals surface area contributed by atoms with Crippen molar-refractivity contribution in [3.8, 4) is 5.75 Å². The summed E-state index contributed by atoms with van der Waals surface area (Å²) in [5.74, 6) is 0.688. The Morgan fingerprint density at radius 3 is 1.78 bits per heavy atom. The van der Waals surface area contributed by atoms with Gasteiger partial charge in [0.05, 0.1) is 46.2 Å². The molecule has 2 aromatic carbocycles. The van der Waals surface area contributed by atoms with Crippen LogP contribution in [0.2, 0.25) is 0 Å². The number of hydrogen-bond acceptors (Lipinski definition) is 6. The molecule has 2 rings (SSSR count). The minimum Gasteiger partial charge on any atom is -0.491 e. The number of carbonyl (C=O) groups is 1. The SMILES string of the molecule is O=C(c1ccccc1)c1ccc(OCCOCCOCCOCCO)cc1. The number of aliphatic hydroxyl groups excluding tert-OH is 1. The minimum absolute atomic E-state index is 0.00718. The van der Waals surface area contributed by atoms with Gasteiger partial charge in [-0.05, 0) is 24.3 Å². The van der Waals surface area contributed by atoms with Crippen LogP contribution in [0.25, 0.3) is 0 Å². The van der Waals surface area contributed by atoms with Gasteiger partial charge in [0, 0.05) is 11.1 Å². The molecule has 0 radical (unpaired) electrons. The lowest BCUT2D eigenvalue weighted by Crippen LogP contribution is -2.13. The maximum absolute atomic E-state index is 12.3. The van der Waals surface area contributed by atoms with Gasteiger partial charge in [0.15, 0.2) is 5.78 Å². The second kappa shape index (κ2) is 13.0. The van der Waals surface area contributed by atoms with E-state index in [4.69, 9.17) is 24.1 Å². The summed E-state index contributed by atoms with van der Waals surface area (Å²) in [6, 6.07) is 16.3. The average molecular weight is 374 g/mol. The summed E-state index contributed by atoms with van der Waals surface area (Å²) in [5.41, 5.74) is 1.30. The quantitative estimate of drug-likeness (QED) is 0.404. The Morgan fingerprint density at radius 1 is 0.667 bits per heavy atom. The Kier molecular flexibility index (Phi) is 10.1. The molecule has 27 heavy (non-hydrogen) atoms. The van der Waals surface area contributed by atoms with E-state index in [2.05, 4.69) is 0 Å². The topological polar surface area (TPSA) is 74.2 Å². The first-order valence-electron chi connectivity index (χ1n) is 8.98. The molecule has 0 unspecified atom stereocenters. The first-order valence-corrected chi connectivity index (χ1v) is 8.98. The minimum atomic E-state index is -0.00718. The Morgan fingerprint density at radius 2 is 1.19 bits per heavy atom. The molecule has 6 nitrogen and oxygen atoms in total. The second-order valence-corrected chi connectivity index (χ2v) is 5.63. The van der Waals surface area contributed by atoms with Gasteiger partial charge < -0.3 is 24.1 Å². The van der Waals surface area contributed by atoms with Gasteiger partial charge >= 0.3 is 0 Å². The molecular weight excluding hydrogens is 348 g/mol. The van der Waals surface area contributed by atoms with Gasteiger partial charge in [-0.25, -0.2) is 0 Å². The number of rotatable bonds is 14. The zero-order valence-corrected chi connectivity index (χ0v) is 15.3. The van der Waals surface area contributed by atoms with Crippen molar-refractivity contribution in [2.45, 2.75) is 0 Å². The highest BCUT2D eigenvalue weighted by Crippen LogP contribution is 2.15. The summed E-state index contributed by atoms with van der Waals surface area (Å²) in [4.78, 5) is 12.3. The van der Waals surface area contributed by atoms with Gasteiger partial charge in [0.1, 0.15) is 12.4 Å². The Labute approximate surface area is 159 Å². The zero-order chi connectivity index (χ0) is 19.2. The second-order valence-electron chi connectivity index (χ2n) is 5.63. The standard InChI is InChI=1S/C21H26O6/c22-10-11-24-12-13-25-14-15-26-16-17-27-20-8-6-19(7-9-20)21(23)18-4-2-1-3-5-18/h1-9,22H,10-17H2. The molecule has 146 valence electrons. The van der Waals surface area contributed by atoms with Crippen LogP contribution in [0.4, 0.5) is 0 Å². The van der Waals surface area contributed by atoms with E-state index >= 15 is 0 Å². The summed E-state index contributed by atoms with van der Waals surface area (Å²) < 4.78 is 21.4. The lowest BCUT2D eigenvalue weighted by atomic mass is 10.0. The maximum Gasteiger partial charge on any atom is 0.193 e. The number of ether oxygens (including phenoxy) is 4. The van der Waals surface area contributed by atoms with Crippen molar-refractivity contribution in [2.75, 3.05) is 52.9 Å². The van der Waals surface area contributed by atoms with Crippen molar-refractivity contribution in [3.63, 3.8) is 0 Å². The zero-order valence-electron chi connectivity index (χ0n) is 15.3. The first kappa shape index (κ1) is 21.1. The van der Waals surface area contributed by atoms with Crippen molar-refractivity contribution in [3.05, 3.63) is 65.7 Å². The van der Waals surface area contributed by atoms with Crippen LogP contribution in [0.1, 0.15) is 15.9 Å². The van der Waals surface area contributed by atoms with E-state index < -0.39 is 0 Å². The van der Waals surface area contributed by atoms with Crippen molar-refractivity contribution in [1.82, 2.24) is 0 Å². The van der Waals surface area contributed by atoms with Crippen LogP contribution < -0.4 is 4.74 Å². The maximum atomic E-state index is 12.3. The molecule has 0 aliphatic rings. The van der Waals surface area contributed by atoms with Crippen LogP contribution in [-0.2, 0) is 14.2 Å². The molecule has 2 aromatic rings. The molecule has 0 saturated heterocycles. The highest BCUT2D eigenvalue weighted by molar-refractivity contribution is 6.08. The van der Waals surface area contributed by atoms with Gasteiger partial charge in [-0.3, -0.25) is 4.79 Å². The largest absolute Gasteiger partial charge is 0.491 e. The Balaban J connectivity index is 1.56. The van der Waals surface area contributed by atoms with Crippen LogP contribution in [0.3, 0.4) is 0 Å². The van der Waals surface area contributed by atoms with Crippen LogP contribution >= 0.6 is 0 Å². The normalized spacial score (nSPS) is 10.7. The fourth-order valence-electron chi connectivity index (χ4n) is 2.28. The van der Waals surface area contributed by atoms with E-state index in [0.29, 0.717) is 63.1 Å². The molecule has 0 fully saturated rings. The van der Waals surface area contributed by atoms with Crippen LogP contribution in [0, 0.1) is 0 Å². The van der Waals surface area contributed by atoms with Crippen molar-refractivity contribution in [1.29, 1.82) is 0 Å². The summed E-state index contributed by atoms with van der Waals surface area (Å²) in [6.45, 7) is 3.14. The molecule has 0 bridgehead atoms. The predicted molar refractivity (Wildman–Crippen MR) is 101 cm³/mol. The molecule has 6 heteroatoms. The highest BCUT2D eigenvalue weighted by Gasteiger charge is 2.08. The van der Waals surface area contributed by atoms with Crippen molar-refractivity contribution in [2.24, 2.45) is 0 Å². The molecule has 0 aliphatic carbocycles.